The summed E-state index contributed by atoms with van der Waals surface area (Å²) in [5.41, 5.74) is 0.812. The van der Waals surface area contributed by atoms with Crippen LogP contribution in [0.4, 0.5) is 0 Å². The van der Waals surface area contributed by atoms with Crippen molar-refractivity contribution >= 4 is 27.3 Å². The van der Waals surface area contributed by atoms with Gasteiger partial charge in [0, 0.05) is 11.3 Å². The molecule has 0 aliphatic rings. The molecule has 26 heavy (non-hydrogen) atoms. The van der Waals surface area contributed by atoms with Gasteiger partial charge >= 0.3 is 0 Å². The second kappa shape index (κ2) is 8.56. The van der Waals surface area contributed by atoms with Crippen LogP contribution in [0, 0.1) is 0 Å². The van der Waals surface area contributed by atoms with Crippen LogP contribution >= 0.6 is 11.6 Å². The van der Waals surface area contributed by atoms with Crippen LogP contribution in [0.5, 0.6) is 5.75 Å². The second-order valence-corrected chi connectivity index (χ2v) is 8.49. The van der Waals surface area contributed by atoms with Crippen molar-refractivity contribution in [3.8, 4) is 5.75 Å². The lowest BCUT2D eigenvalue weighted by Crippen LogP contribution is -2.39. The number of sulfone groups is 1. The average Bonchev–Trinajstić information content (AvgIpc) is 2.60. The maximum absolute atomic E-state index is 12.5. The molecule has 2 aromatic carbocycles. The molecule has 0 saturated heterocycles. The van der Waals surface area contributed by atoms with Gasteiger partial charge < -0.3 is 10.1 Å². The highest BCUT2D eigenvalue weighted by molar-refractivity contribution is 7.90. The number of carbonyl (C=O) groups excluding carboxylic acids is 1. The van der Waals surface area contributed by atoms with Crippen LogP contribution in [0.2, 0.25) is 5.02 Å². The molecule has 0 bridgehead atoms. The lowest BCUT2D eigenvalue weighted by molar-refractivity contribution is -0.128. The number of hydrogen-bond acceptors (Lipinski definition) is 4. The van der Waals surface area contributed by atoms with E-state index in [4.69, 9.17) is 16.3 Å². The van der Waals surface area contributed by atoms with Gasteiger partial charge in [0.2, 0.25) is 0 Å². The molecule has 2 rings (SSSR count). The van der Waals surface area contributed by atoms with Gasteiger partial charge in [-0.15, -0.1) is 0 Å². The molecule has 5 nitrogen and oxygen atoms in total. The monoisotopic (exact) mass is 395 g/mol. The average molecular weight is 396 g/mol. The van der Waals surface area contributed by atoms with Crippen LogP contribution in [0.3, 0.4) is 0 Å². The smallest absolute Gasteiger partial charge is 0.261 e. The predicted octanol–water partition coefficient (Wildman–Crippen LogP) is 3.78. The van der Waals surface area contributed by atoms with Crippen molar-refractivity contribution < 1.29 is 17.9 Å². The summed E-state index contributed by atoms with van der Waals surface area (Å²) in [7, 11) is -3.24. The third kappa shape index (κ3) is 5.47. The number of benzene rings is 2. The Balaban J connectivity index is 2.03. The van der Waals surface area contributed by atoms with Gasteiger partial charge in [0.05, 0.1) is 10.9 Å². The van der Waals surface area contributed by atoms with Gasteiger partial charge in [-0.2, -0.15) is 0 Å². The predicted molar refractivity (Wildman–Crippen MR) is 102 cm³/mol. The SMILES string of the molecule is CC[C@H](Oc1ccc(Cl)cc1)C(=O)N[C@H](C)c1ccc(S(C)(=O)=O)cc1. The summed E-state index contributed by atoms with van der Waals surface area (Å²) in [6.45, 7) is 3.70. The fraction of sp³-hybridized carbons (Fsp3) is 0.316. The third-order valence-corrected chi connectivity index (χ3v) is 5.30. The van der Waals surface area contributed by atoms with Crippen LogP contribution in [-0.2, 0) is 14.6 Å². The summed E-state index contributed by atoms with van der Waals surface area (Å²) < 4.78 is 28.8. The normalized spacial score (nSPS) is 13.7. The molecule has 0 aliphatic heterocycles. The number of nitrogens with one attached hydrogen (secondary N) is 1. The first kappa shape index (κ1) is 20.3. The Morgan fingerprint density at radius 1 is 1.12 bits per heavy atom. The number of carbonyl (C=O) groups is 1. The Kier molecular flexibility index (Phi) is 6.67. The van der Waals surface area contributed by atoms with E-state index in [2.05, 4.69) is 5.32 Å². The van der Waals surface area contributed by atoms with Gasteiger partial charge in [-0.1, -0.05) is 30.7 Å². The first-order valence-electron chi connectivity index (χ1n) is 8.23. The minimum atomic E-state index is -3.24. The van der Waals surface area contributed by atoms with Crippen molar-refractivity contribution in [2.45, 2.75) is 37.3 Å². The molecular formula is C19H22ClNO4S. The van der Waals surface area contributed by atoms with E-state index in [9.17, 15) is 13.2 Å². The van der Waals surface area contributed by atoms with Crippen LogP contribution in [0.15, 0.2) is 53.4 Å². The van der Waals surface area contributed by atoms with Crippen LogP contribution in [-0.4, -0.2) is 26.7 Å². The quantitative estimate of drug-likeness (QED) is 0.774. The molecule has 0 spiro atoms. The summed E-state index contributed by atoms with van der Waals surface area (Å²) in [6.07, 6.45) is 1.04. The summed E-state index contributed by atoms with van der Waals surface area (Å²) in [5.74, 6) is 0.337. The third-order valence-electron chi connectivity index (χ3n) is 3.92. The van der Waals surface area contributed by atoms with E-state index in [0.717, 1.165) is 11.8 Å². The van der Waals surface area contributed by atoms with E-state index in [1.54, 1.807) is 36.4 Å². The van der Waals surface area contributed by atoms with Crippen LogP contribution < -0.4 is 10.1 Å². The Hall–Kier alpha value is -2.05. The van der Waals surface area contributed by atoms with E-state index in [1.165, 1.54) is 12.1 Å². The molecule has 140 valence electrons. The molecule has 1 amide bonds. The number of amides is 1. The van der Waals surface area contributed by atoms with E-state index in [-0.39, 0.29) is 16.8 Å². The van der Waals surface area contributed by atoms with E-state index in [1.807, 2.05) is 13.8 Å². The molecule has 0 fully saturated rings. The number of ether oxygens (including phenoxy) is 1. The lowest BCUT2D eigenvalue weighted by atomic mass is 10.1. The lowest BCUT2D eigenvalue weighted by Gasteiger charge is -2.21. The van der Waals surface area contributed by atoms with Crippen molar-refractivity contribution in [1.29, 1.82) is 0 Å². The highest BCUT2D eigenvalue weighted by Gasteiger charge is 2.21. The first-order valence-corrected chi connectivity index (χ1v) is 10.5. The van der Waals surface area contributed by atoms with Crippen molar-refractivity contribution in [3.05, 3.63) is 59.1 Å². The van der Waals surface area contributed by atoms with E-state index >= 15 is 0 Å². The van der Waals surface area contributed by atoms with Crippen molar-refractivity contribution in [3.63, 3.8) is 0 Å². The van der Waals surface area contributed by atoms with Gasteiger partial charge in [-0.25, -0.2) is 8.42 Å². The zero-order valence-corrected chi connectivity index (χ0v) is 16.5. The molecule has 0 radical (unpaired) electrons. The zero-order chi connectivity index (χ0) is 19.3. The summed E-state index contributed by atoms with van der Waals surface area (Å²) in [5, 5.41) is 3.50. The topological polar surface area (TPSA) is 72.5 Å². The summed E-state index contributed by atoms with van der Waals surface area (Å²) >= 11 is 5.85. The number of halogens is 1. The van der Waals surface area contributed by atoms with Crippen LogP contribution in [0.1, 0.15) is 31.9 Å². The number of rotatable bonds is 7. The van der Waals surface area contributed by atoms with Crippen LogP contribution in [0.25, 0.3) is 0 Å². The van der Waals surface area contributed by atoms with Gasteiger partial charge in [0.1, 0.15) is 5.75 Å². The Bertz CT molecular complexity index is 848. The molecule has 0 aliphatic carbocycles. The molecule has 2 aromatic rings. The van der Waals surface area contributed by atoms with Gasteiger partial charge in [-0.3, -0.25) is 4.79 Å². The molecule has 0 saturated carbocycles. The maximum atomic E-state index is 12.5. The highest BCUT2D eigenvalue weighted by atomic mass is 35.5. The molecule has 1 N–H and O–H groups in total. The highest BCUT2D eigenvalue weighted by Crippen LogP contribution is 2.19. The summed E-state index contributed by atoms with van der Waals surface area (Å²) in [6, 6.07) is 13.0. The van der Waals surface area contributed by atoms with Gasteiger partial charge in [-0.05, 0) is 55.3 Å². The molecule has 0 heterocycles. The Morgan fingerprint density at radius 3 is 2.19 bits per heavy atom. The minimum Gasteiger partial charge on any atom is -0.481 e. The molecule has 7 heteroatoms. The van der Waals surface area contributed by atoms with Crippen molar-refractivity contribution in [2.24, 2.45) is 0 Å². The Morgan fingerprint density at radius 2 is 1.69 bits per heavy atom. The van der Waals surface area contributed by atoms with Crippen molar-refractivity contribution in [1.82, 2.24) is 5.32 Å². The molecule has 0 unspecified atom stereocenters. The van der Waals surface area contributed by atoms with Gasteiger partial charge in [0.25, 0.3) is 5.91 Å². The van der Waals surface area contributed by atoms with E-state index in [0.29, 0.717) is 17.2 Å². The Labute approximate surface area is 159 Å². The standard InChI is InChI=1S/C19H22ClNO4S/c1-4-18(25-16-9-7-15(20)8-10-16)19(22)21-13(2)14-5-11-17(12-6-14)26(3,23)24/h5-13,18H,4H2,1-3H3,(H,21,22)/t13-,18+/m1/s1. The summed E-state index contributed by atoms with van der Waals surface area (Å²) in [4.78, 5) is 12.7. The zero-order valence-electron chi connectivity index (χ0n) is 14.9. The first-order chi connectivity index (χ1) is 12.2. The van der Waals surface area contributed by atoms with Gasteiger partial charge in [0.15, 0.2) is 15.9 Å². The second-order valence-electron chi connectivity index (χ2n) is 6.04. The molecule has 2 atom stereocenters. The maximum Gasteiger partial charge on any atom is 0.261 e. The molecule has 0 aromatic heterocycles. The van der Waals surface area contributed by atoms with E-state index < -0.39 is 15.9 Å². The fourth-order valence-electron chi connectivity index (χ4n) is 2.39. The van der Waals surface area contributed by atoms with Crippen molar-refractivity contribution in [2.75, 3.05) is 6.26 Å². The fourth-order valence-corrected chi connectivity index (χ4v) is 3.15. The largest absolute Gasteiger partial charge is 0.481 e. The molecular weight excluding hydrogens is 374 g/mol. The minimum absolute atomic E-state index is 0.234. The number of hydrogen-bond donors (Lipinski definition) is 1.